The SMILES string of the molecule is CCc1c(C(CC)NC)nnn1-c1ccc(Br)c(C)c1. The van der Waals surface area contributed by atoms with E-state index >= 15 is 0 Å². The Balaban J connectivity index is 2.49. The average molecular weight is 337 g/mol. The van der Waals surface area contributed by atoms with Crippen LogP contribution in [0.2, 0.25) is 0 Å². The lowest BCUT2D eigenvalue weighted by Gasteiger charge is -2.13. The van der Waals surface area contributed by atoms with Gasteiger partial charge in [-0.3, -0.25) is 0 Å². The van der Waals surface area contributed by atoms with Crippen LogP contribution in [-0.2, 0) is 6.42 Å². The fraction of sp³-hybridized carbons (Fsp3) is 0.467. The van der Waals surface area contributed by atoms with Crippen LogP contribution in [0.4, 0.5) is 0 Å². The van der Waals surface area contributed by atoms with Crippen LogP contribution >= 0.6 is 15.9 Å². The van der Waals surface area contributed by atoms with Crippen molar-refractivity contribution in [2.45, 2.75) is 39.7 Å². The second-order valence-electron chi connectivity index (χ2n) is 4.87. The minimum absolute atomic E-state index is 0.259. The predicted molar refractivity (Wildman–Crippen MR) is 85.3 cm³/mol. The van der Waals surface area contributed by atoms with Crippen LogP contribution < -0.4 is 5.32 Å². The summed E-state index contributed by atoms with van der Waals surface area (Å²) < 4.78 is 3.07. The van der Waals surface area contributed by atoms with Crippen molar-refractivity contribution in [3.05, 3.63) is 39.6 Å². The molecule has 4 nitrogen and oxygen atoms in total. The van der Waals surface area contributed by atoms with Gasteiger partial charge in [0.15, 0.2) is 0 Å². The Morgan fingerprint density at radius 2 is 2.10 bits per heavy atom. The molecule has 0 bridgehead atoms. The van der Waals surface area contributed by atoms with E-state index in [1.807, 2.05) is 11.7 Å². The highest BCUT2D eigenvalue weighted by molar-refractivity contribution is 9.10. The van der Waals surface area contributed by atoms with Crippen LogP contribution in [-0.4, -0.2) is 22.0 Å². The molecule has 0 saturated carbocycles. The first-order valence-electron chi connectivity index (χ1n) is 7.00. The molecule has 0 saturated heterocycles. The molecule has 0 fully saturated rings. The zero-order chi connectivity index (χ0) is 14.7. The molecule has 5 heteroatoms. The Morgan fingerprint density at radius 3 is 2.65 bits per heavy atom. The van der Waals surface area contributed by atoms with Crippen LogP contribution in [0.1, 0.15) is 43.3 Å². The number of nitrogens with one attached hydrogen (secondary N) is 1. The van der Waals surface area contributed by atoms with Gasteiger partial charge in [0, 0.05) is 4.47 Å². The summed E-state index contributed by atoms with van der Waals surface area (Å²) in [5, 5.41) is 12.1. The van der Waals surface area contributed by atoms with E-state index in [0.717, 1.165) is 28.7 Å². The van der Waals surface area contributed by atoms with E-state index in [1.165, 1.54) is 11.3 Å². The van der Waals surface area contributed by atoms with E-state index in [2.05, 4.69) is 70.5 Å². The summed E-state index contributed by atoms with van der Waals surface area (Å²) in [5.41, 5.74) is 4.49. The van der Waals surface area contributed by atoms with Gasteiger partial charge in [0.2, 0.25) is 0 Å². The molecule has 1 atom stereocenters. The Bertz CT molecular complexity index is 588. The number of rotatable bonds is 5. The van der Waals surface area contributed by atoms with Crippen molar-refractivity contribution in [1.82, 2.24) is 20.3 Å². The predicted octanol–water partition coefficient (Wildman–Crippen LogP) is 3.57. The average Bonchev–Trinajstić information content (AvgIpc) is 2.87. The number of nitrogens with zero attached hydrogens (tertiary/aromatic N) is 3. The smallest absolute Gasteiger partial charge is 0.103 e. The second-order valence-corrected chi connectivity index (χ2v) is 5.72. The number of halogens is 1. The summed E-state index contributed by atoms with van der Waals surface area (Å²) in [7, 11) is 1.97. The van der Waals surface area contributed by atoms with Gasteiger partial charge < -0.3 is 5.32 Å². The third-order valence-corrected chi connectivity index (χ3v) is 4.49. The molecule has 2 aromatic rings. The first-order chi connectivity index (χ1) is 9.62. The third kappa shape index (κ3) is 2.79. The van der Waals surface area contributed by atoms with Gasteiger partial charge in [-0.1, -0.05) is 35.0 Å². The monoisotopic (exact) mass is 336 g/mol. The molecule has 1 aromatic heterocycles. The Labute approximate surface area is 128 Å². The topological polar surface area (TPSA) is 42.7 Å². The minimum atomic E-state index is 0.259. The fourth-order valence-corrected chi connectivity index (χ4v) is 2.66. The molecule has 0 aliphatic rings. The highest BCUT2D eigenvalue weighted by Crippen LogP contribution is 2.24. The van der Waals surface area contributed by atoms with Crippen molar-refractivity contribution in [1.29, 1.82) is 0 Å². The molecule has 0 aliphatic carbocycles. The molecule has 0 aliphatic heterocycles. The van der Waals surface area contributed by atoms with Gasteiger partial charge in [-0.15, -0.1) is 5.10 Å². The van der Waals surface area contributed by atoms with E-state index in [0.29, 0.717) is 0 Å². The standard InChI is InChI=1S/C15H21BrN4/c1-5-13(17-4)15-14(6-2)20(19-18-15)11-7-8-12(16)10(3)9-11/h7-9,13,17H,5-6H2,1-4H3. The molecule has 1 aromatic carbocycles. The lowest BCUT2D eigenvalue weighted by molar-refractivity contribution is 0.555. The quantitative estimate of drug-likeness (QED) is 0.907. The molecule has 108 valence electrons. The summed E-state index contributed by atoms with van der Waals surface area (Å²) in [6.07, 6.45) is 1.91. The van der Waals surface area contributed by atoms with Crippen molar-refractivity contribution in [3.8, 4) is 5.69 Å². The molecule has 1 N–H and O–H groups in total. The van der Waals surface area contributed by atoms with Crippen molar-refractivity contribution >= 4 is 15.9 Å². The maximum absolute atomic E-state index is 4.40. The lowest BCUT2D eigenvalue weighted by Crippen LogP contribution is -2.17. The first-order valence-corrected chi connectivity index (χ1v) is 7.79. The van der Waals surface area contributed by atoms with Crippen molar-refractivity contribution in [2.24, 2.45) is 0 Å². The van der Waals surface area contributed by atoms with E-state index in [1.54, 1.807) is 0 Å². The van der Waals surface area contributed by atoms with Crippen molar-refractivity contribution in [2.75, 3.05) is 7.05 Å². The summed E-state index contributed by atoms with van der Waals surface area (Å²) in [4.78, 5) is 0. The zero-order valence-electron chi connectivity index (χ0n) is 12.4. The van der Waals surface area contributed by atoms with Crippen molar-refractivity contribution < 1.29 is 0 Å². The third-order valence-electron chi connectivity index (χ3n) is 3.60. The number of benzene rings is 1. The molecule has 2 rings (SSSR count). The molecule has 0 amide bonds. The van der Waals surface area contributed by atoms with Gasteiger partial charge in [0.1, 0.15) is 5.69 Å². The van der Waals surface area contributed by atoms with E-state index in [4.69, 9.17) is 0 Å². The summed E-state index contributed by atoms with van der Waals surface area (Å²) in [6.45, 7) is 6.38. The molecular formula is C15H21BrN4. The fourth-order valence-electron chi connectivity index (χ4n) is 2.42. The van der Waals surface area contributed by atoms with Gasteiger partial charge in [-0.05, 0) is 50.6 Å². The molecular weight excluding hydrogens is 316 g/mol. The van der Waals surface area contributed by atoms with E-state index < -0.39 is 0 Å². The molecule has 0 spiro atoms. The Morgan fingerprint density at radius 1 is 1.35 bits per heavy atom. The summed E-state index contributed by atoms with van der Waals surface area (Å²) in [5.74, 6) is 0. The van der Waals surface area contributed by atoms with E-state index in [-0.39, 0.29) is 6.04 Å². The molecule has 20 heavy (non-hydrogen) atoms. The highest BCUT2D eigenvalue weighted by atomic mass is 79.9. The highest BCUT2D eigenvalue weighted by Gasteiger charge is 2.19. The number of aromatic nitrogens is 3. The lowest BCUT2D eigenvalue weighted by atomic mass is 10.1. The maximum Gasteiger partial charge on any atom is 0.103 e. The van der Waals surface area contributed by atoms with Crippen LogP contribution in [0.5, 0.6) is 0 Å². The van der Waals surface area contributed by atoms with Gasteiger partial charge in [-0.2, -0.15) is 0 Å². The normalized spacial score (nSPS) is 12.7. The Kier molecular flexibility index (Phi) is 4.94. The largest absolute Gasteiger partial charge is 0.312 e. The summed E-state index contributed by atoms with van der Waals surface area (Å²) >= 11 is 3.53. The van der Waals surface area contributed by atoms with Gasteiger partial charge in [0.05, 0.1) is 17.4 Å². The van der Waals surface area contributed by atoms with Crippen LogP contribution in [0.3, 0.4) is 0 Å². The molecule has 1 heterocycles. The number of aryl methyl sites for hydroxylation is 1. The van der Waals surface area contributed by atoms with Gasteiger partial charge in [-0.25, -0.2) is 4.68 Å². The first kappa shape index (κ1) is 15.2. The van der Waals surface area contributed by atoms with Crippen LogP contribution in [0.15, 0.2) is 22.7 Å². The van der Waals surface area contributed by atoms with Gasteiger partial charge in [0.25, 0.3) is 0 Å². The zero-order valence-corrected chi connectivity index (χ0v) is 14.0. The van der Waals surface area contributed by atoms with Crippen LogP contribution in [0, 0.1) is 6.92 Å². The van der Waals surface area contributed by atoms with Crippen molar-refractivity contribution in [3.63, 3.8) is 0 Å². The van der Waals surface area contributed by atoms with Crippen LogP contribution in [0.25, 0.3) is 5.69 Å². The summed E-state index contributed by atoms with van der Waals surface area (Å²) in [6, 6.07) is 6.51. The number of hydrogen-bond acceptors (Lipinski definition) is 3. The molecule has 1 unspecified atom stereocenters. The second kappa shape index (κ2) is 6.50. The Hall–Kier alpha value is -1.20. The minimum Gasteiger partial charge on any atom is -0.312 e. The molecule has 0 radical (unpaired) electrons. The van der Waals surface area contributed by atoms with Gasteiger partial charge >= 0.3 is 0 Å². The number of hydrogen-bond donors (Lipinski definition) is 1. The van der Waals surface area contributed by atoms with E-state index in [9.17, 15) is 0 Å². The maximum atomic E-state index is 4.40.